The first-order valence-corrected chi connectivity index (χ1v) is 4.01. The normalized spacial score (nSPS) is 13.9. The lowest BCUT2D eigenvalue weighted by atomic mass is 10.4. The molecule has 0 rings (SSSR count). The molecule has 1 atom stereocenters. The van der Waals surface area contributed by atoms with Crippen molar-refractivity contribution in [3.63, 3.8) is 0 Å². The summed E-state index contributed by atoms with van der Waals surface area (Å²) in [6.45, 7) is 1.02. The molecule has 10 heavy (non-hydrogen) atoms. The van der Waals surface area contributed by atoms with Crippen molar-refractivity contribution in [2.45, 2.75) is 18.6 Å². The van der Waals surface area contributed by atoms with E-state index in [4.69, 9.17) is 5.11 Å². The summed E-state index contributed by atoms with van der Waals surface area (Å²) < 4.78 is 30.2. The largest absolute Gasteiger partial charge is 0.748 e. The molecular formula is C4H13NO4S. The first-order valence-electron chi connectivity index (χ1n) is 2.54. The van der Waals surface area contributed by atoms with Crippen LogP contribution in [0.1, 0.15) is 13.3 Å². The van der Waals surface area contributed by atoms with Gasteiger partial charge < -0.3 is 15.8 Å². The summed E-state index contributed by atoms with van der Waals surface area (Å²) in [6.07, 6.45) is 0.0197. The van der Waals surface area contributed by atoms with E-state index in [2.05, 4.69) is 0 Å². The van der Waals surface area contributed by atoms with Gasteiger partial charge >= 0.3 is 0 Å². The Labute approximate surface area is 60.4 Å². The summed E-state index contributed by atoms with van der Waals surface area (Å²) in [5.41, 5.74) is 0. The maximum atomic E-state index is 10.1. The molecule has 0 aliphatic carbocycles. The van der Waals surface area contributed by atoms with Crippen molar-refractivity contribution in [2.24, 2.45) is 0 Å². The Bertz CT molecular complexity index is 164. The van der Waals surface area contributed by atoms with Gasteiger partial charge in [-0.15, -0.1) is 0 Å². The highest BCUT2D eigenvalue weighted by molar-refractivity contribution is 7.86. The SMILES string of the molecule is CC(CCO)S(=O)(=O)[O-].[NH4+]. The summed E-state index contributed by atoms with van der Waals surface area (Å²) in [7, 11) is -4.17. The van der Waals surface area contributed by atoms with E-state index < -0.39 is 15.4 Å². The lowest BCUT2D eigenvalue weighted by Crippen LogP contribution is -2.17. The van der Waals surface area contributed by atoms with Gasteiger partial charge in [-0.2, -0.15) is 0 Å². The zero-order valence-corrected chi connectivity index (χ0v) is 6.89. The molecule has 0 aromatic carbocycles. The fourth-order valence-electron chi connectivity index (χ4n) is 0.326. The molecule has 0 saturated carbocycles. The van der Waals surface area contributed by atoms with Crippen LogP contribution in [0.4, 0.5) is 0 Å². The predicted molar refractivity (Wildman–Crippen MR) is 36.8 cm³/mol. The molecule has 6 heteroatoms. The number of hydrogen-bond donors (Lipinski definition) is 2. The molecule has 0 aliphatic heterocycles. The van der Waals surface area contributed by atoms with Gasteiger partial charge in [-0.05, 0) is 13.3 Å². The topological polar surface area (TPSA) is 114 Å². The third kappa shape index (κ3) is 4.68. The molecule has 0 radical (unpaired) electrons. The highest BCUT2D eigenvalue weighted by Crippen LogP contribution is 2.00. The second-order valence-corrected chi connectivity index (χ2v) is 3.61. The Balaban J connectivity index is 0. The predicted octanol–water partition coefficient (Wildman–Crippen LogP) is -0.321. The molecule has 0 aromatic heterocycles. The molecule has 0 spiro atoms. The molecule has 0 amide bonds. The second kappa shape index (κ2) is 4.62. The van der Waals surface area contributed by atoms with Gasteiger partial charge in [-0.1, -0.05) is 0 Å². The Morgan fingerprint density at radius 1 is 1.60 bits per heavy atom. The van der Waals surface area contributed by atoms with Crippen molar-refractivity contribution < 1.29 is 18.1 Å². The zero-order chi connectivity index (χ0) is 7.49. The molecule has 0 saturated heterocycles. The average Bonchev–Trinajstić information content (AvgIpc) is 1.64. The van der Waals surface area contributed by atoms with E-state index in [1.165, 1.54) is 6.92 Å². The van der Waals surface area contributed by atoms with Crippen LogP contribution in [-0.4, -0.2) is 29.9 Å². The van der Waals surface area contributed by atoms with Crippen LogP contribution in [0.5, 0.6) is 0 Å². The van der Waals surface area contributed by atoms with Crippen molar-refractivity contribution in [2.75, 3.05) is 6.61 Å². The molecule has 0 bridgehead atoms. The molecule has 0 aromatic rings. The van der Waals surface area contributed by atoms with E-state index >= 15 is 0 Å². The van der Waals surface area contributed by atoms with Crippen LogP contribution in [0.2, 0.25) is 0 Å². The summed E-state index contributed by atoms with van der Waals surface area (Å²) in [5, 5.41) is 7.23. The van der Waals surface area contributed by atoms with Crippen LogP contribution in [0, 0.1) is 0 Å². The maximum absolute atomic E-state index is 10.1. The first kappa shape index (κ1) is 12.5. The minimum absolute atomic E-state index is 0. The zero-order valence-electron chi connectivity index (χ0n) is 6.07. The number of hydrogen-bond acceptors (Lipinski definition) is 4. The Hall–Kier alpha value is -0.170. The Morgan fingerprint density at radius 3 is 2.10 bits per heavy atom. The molecule has 0 heterocycles. The number of quaternary nitrogens is 1. The van der Waals surface area contributed by atoms with Crippen LogP contribution in [-0.2, 0) is 10.1 Å². The van der Waals surface area contributed by atoms with Gasteiger partial charge in [-0.25, -0.2) is 8.42 Å². The molecule has 1 unspecified atom stereocenters. The van der Waals surface area contributed by atoms with E-state index in [0.29, 0.717) is 0 Å². The van der Waals surface area contributed by atoms with Crippen LogP contribution < -0.4 is 6.15 Å². The van der Waals surface area contributed by atoms with E-state index in [1.54, 1.807) is 0 Å². The van der Waals surface area contributed by atoms with E-state index in [1.807, 2.05) is 0 Å². The summed E-state index contributed by atoms with van der Waals surface area (Å²) in [4.78, 5) is 0. The van der Waals surface area contributed by atoms with Gasteiger partial charge in [0.25, 0.3) is 0 Å². The smallest absolute Gasteiger partial charge is 0.0973 e. The molecule has 5 nitrogen and oxygen atoms in total. The van der Waals surface area contributed by atoms with Gasteiger partial charge in [-0.3, -0.25) is 0 Å². The summed E-state index contributed by atoms with van der Waals surface area (Å²) in [6, 6.07) is 0. The number of aliphatic hydroxyl groups is 1. The fraction of sp³-hybridized carbons (Fsp3) is 1.00. The highest BCUT2D eigenvalue weighted by Gasteiger charge is 2.07. The van der Waals surface area contributed by atoms with Crippen molar-refractivity contribution in [3.8, 4) is 0 Å². The summed E-state index contributed by atoms with van der Waals surface area (Å²) in [5.74, 6) is 0. The average molecular weight is 171 g/mol. The molecule has 0 fully saturated rings. The molecular weight excluding hydrogens is 158 g/mol. The maximum Gasteiger partial charge on any atom is 0.0973 e. The Morgan fingerprint density at radius 2 is 2.00 bits per heavy atom. The van der Waals surface area contributed by atoms with Crippen LogP contribution in [0.15, 0.2) is 0 Å². The third-order valence-corrected chi connectivity index (χ3v) is 2.25. The summed E-state index contributed by atoms with van der Waals surface area (Å²) >= 11 is 0. The monoisotopic (exact) mass is 171 g/mol. The number of rotatable bonds is 3. The quantitative estimate of drug-likeness (QED) is 0.566. The Kier molecular flexibility index (Phi) is 5.77. The fourth-order valence-corrected chi connectivity index (χ4v) is 0.720. The van der Waals surface area contributed by atoms with Crippen molar-refractivity contribution in [1.29, 1.82) is 0 Å². The minimum atomic E-state index is -4.17. The molecule has 64 valence electrons. The van der Waals surface area contributed by atoms with Crippen LogP contribution >= 0.6 is 0 Å². The van der Waals surface area contributed by atoms with Crippen molar-refractivity contribution >= 4 is 10.1 Å². The van der Waals surface area contributed by atoms with Crippen molar-refractivity contribution in [1.82, 2.24) is 6.15 Å². The van der Waals surface area contributed by atoms with Gasteiger partial charge in [0, 0.05) is 11.9 Å². The third-order valence-electron chi connectivity index (χ3n) is 1.03. The van der Waals surface area contributed by atoms with Gasteiger partial charge in [0.15, 0.2) is 0 Å². The van der Waals surface area contributed by atoms with Crippen LogP contribution in [0.3, 0.4) is 0 Å². The van der Waals surface area contributed by atoms with Crippen molar-refractivity contribution in [3.05, 3.63) is 0 Å². The minimum Gasteiger partial charge on any atom is -0.748 e. The second-order valence-electron chi connectivity index (χ2n) is 1.82. The van der Waals surface area contributed by atoms with Crippen LogP contribution in [0.25, 0.3) is 0 Å². The standard InChI is InChI=1S/C4H10O4S.H3N/c1-4(2-3-5)9(6,7)8;/h4-5H,2-3H2,1H3,(H,6,7,8);1H3. The van der Waals surface area contributed by atoms with E-state index in [-0.39, 0.29) is 19.2 Å². The lowest BCUT2D eigenvalue weighted by Gasteiger charge is -2.13. The lowest BCUT2D eigenvalue weighted by molar-refractivity contribution is 0.284. The van der Waals surface area contributed by atoms with Gasteiger partial charge in [0.2, 0.25) is 0 Å². The molecule has 5 N–H and O–H groups in total. The van der Waals surface area contributed by atoms with Gasteiger partial charge in [0.05, 0.1) is 10.1 Å². The van der Waals surface area contributed by atoms with Gasteiger partial charge in [0.1, 0.15) is 0 Å². The van der Waals surface area contributed by atoms with E-state index in [9.17, 15) is 13.0 Å². The highest BCUT2D eigenvalue weighted by atomic mass is 32.2. The molecule has 0 aliphatic rings. The first-order chi connectivity index (χ1) is 3.98. The number of aliphatic hydroxyl groups excluding tert-OH is 1. The van der Waals surface area contributed by atoms with E-state index in [0.717, 1.165) is 0 Å².